The van der Waals surface area contributed by atoms with Crippen LogP contribution in [0.4, 0.5) is 0 Å². The summed E-state index contributed by atoms with van der Waals surface area (Å²) in [5, 5.41) is 0. The Morgan fingerprint density at radius 3 is 2.12 bits per heavy atom. The third-order valence-electron chi connectivity index (χ3n) is 4.35. The second-order valence-corrected chi connectivity index (χ2v) is 5.88. The Kier molecular flexibility index (Phi) is 3.86. The molecule has 0 fully saturated rings. The number of rotatable bonds is 4. The molecule has 0 atom stereocenters. The first-order chi connectivity index (χ1) is 12.3. The molecule has 0 aliphatic heterocycles. The summed E-state index contributed by atoms with van der Waals surface area (Å²) in [7, 11) is 1.65. The molecule has 0 spiro atoms. The molecule has 4 nitrogen and oxygen atoms in total. The number of aromatic nitrogens is 2. The van der Waals surface area contributed by atoms with Gasteiger partial charge in [0.1, 0.15) is 5.75 Å². The number of nitrogens with zero attached hydrogens (tertiary/aromatic N) is 2. The first-order valence-corrected chi connectivity index (χ1v) is 8.16. The Hall–Kier alpha value is -3.27. The maximum Gasteiger partial charge on any atom is 0.334 e. The van der Waals surface area contributed by atoms with Crippen LogP contribution in [0.3, 0.4) is 0 Å². The van der Waals surface area contributed by atoms with Gasteiger partial charge in [-0.25, -0.2) is 4.79 Å². The van der Waals surface area contributed by atoms with Gasteiger partial charge in [-0.3, -0.25) is 9.13 Å². The predicted octanol–water partition coefficient (Wildman–Crippen LogP) is 3.85. The van der Waals surface area contributed by atoms with E-state index in [4.69, 9.17) is 4.74 Å². The topological polar surface area (TPSA) is 36.2 Å². The van der Waals surface area contributed by atoms with E-state index in [1.807, 2.05) is 83.4 Å². The summed E-state index contributed by atoms with van der Waals surface area (Å²) in [4.78, 5) is 13.1. The van der Waals surface area contributed by atoms with Gasteiger partial charge < -0.3 is 4.74 Å². The Bertz CT molecular complexity index is 1060. The van der Waals surface area contributed by atoms with E-state index in [1.165, 1.54) is 0 Å². The maximum atomic E-state index is 13.1. The molecule has 0 amide bonds. The standard InChI is InChI=1S/C21H18N2O2/c1-25-18-13-11-16(12-14-18)15-22-19-9-5-6-10-20(19)23(21(22)24)17-7-3-2-4-8-17/h2-14H,15H2,1H3. The molecule has 4 rings (SSSR count). The van der Waals surface area contributed by atoms with E-state index in [2.05, 4.69) is 0 Å². The third-order valence-corrected chi connectivity index (χ3v) is 4.35. The highest BCUT2D eigenvalue weighted by Gasteiger charge is 2.14. The molecule has 0 aliphatic rings. The molecule has 3 aromatic carbocycles. The van der Waals surface area contributed by atoms with Gasteiger partial charge in [0.05, 0.1) is 30.4 Å². The summed E-state index contributed by atoms with van der Waals surface area (Å²) in [6.45, 7) is 0.517. The molecule has 1 aromatic heterocycles. The van der Waals surface area contributed by atoms with Gasteiger partial charge in [0.15, 0.2) is 0 Å². The fraction of sp³-hybridized carbons (Fsp3) is 0.0952. The van der Waals surface area contributed by atoms with E-state index < -0.39 is 0 Å². The highest BCUT2D eigenvalue weighted by atomic mass is 16.5. The van der Waals surface area contributed by atoms with Crippen molar-refractivity contribution in [3.63, 3.8) is 0 Å². The van der Waals surface area contributed by atoms with Crippen LogP contribution in [-0.2, 0) is 6.54 Å². The lowest BCUT2D eigenvalue weighted by Gasteiger charge is -2.05. The number of imidazole rings is 1. The highest BCUT2D eigenvalue weighted by molar-refractivity contribution is 5.78. The van der Waals surface area contributed by atoms with Gasteiger partial charge in [-0.15, -0.1) is 0 Å². The Morgan fingerprint density at radius 1 is 0.800 bits per heavy atom. The van der Waals surface area contributed by atoms with E-state index in [9.17, 15) is 4.79 Å². The summed E-state index contributed by atoms with van der Waals surface area (Å²) < 4.78 is 8.78. The van der Waals surface area contributed by atoms with Crippen molar-refractivity contribution in [2.75, 3.05) is 7.11 Å². The van der Waals surface area contributed by atoms with Crippen LogP contribution in [0.15, 0.2) is 83.7 Å². The highest BCUT2D eigenvalue weighted by Crippen LogP contribution is 2.19. The summed E-state index contributed by atoms with van der Waals surface area (Å²) in [5.74, 6) is 0.808. The fourth-order valence-corrected chi connectivity index (χ4v) is 3.10. The van der Waals surface area contributed by atoms with Crippen LogP contribution in [0.25, 0.3) is 16.7 Å². The van der Waals surface area contributed by atoms with Gasteiger partial charge >= 0.3 is 5.69 Å². The predicted molar refractivity (Wildman–Crippen MR) is 99.6 cm³/mol. The quantitative estimate of drug-likeness (QED) is 0.570. The molecule has 0 saturated heterocycles. The molecular formula is C21H18N2O2. The molecular weight excluding hydrogens is 312 g/mol. The number of hydrogen-bond acceptors (Lipinski definition) is 2. The SMILES string of the molecule is COc1ccc(Cn2c(=O)n(-c3ccccc3)c3ccccc32)cc1. The van der Waals surface area contributed by atoms with Crippen LogP contribution in [0.2, 0.25) is 0 Å². The lowest BCUT2D eigenvalue weighted by molar-refractivity contribution is 0.414. The summed E-state index contributed by atoms with van der Waals surface area (Å²) in [5.41, 5.74) is 3.72. The first-order valence-electron chi connectivity index (χ1n) is 8.16. The molecule has 4 heteroatoms. The lowest BCUT2D eigenvalue weighted by Crippen LogP contribution is -2.23. The minimum atomic E-state index is -0.0387. The summed E-state index contributed by atoms with van der Waals surface area (Å²) in [6.07, 6.45) is 0. The van der Waals surface area contributed by atoms with Gasteiger partial charge in [0.25, 0.3) is 0 Å². The molecule has 0 radical (unpaired) electrons. The zero-order chi connectivity index (χ0) is 17.2. The minimum Gasteiger partial charge on any atom is -0.497 e. The molecule has 0 N–H and O–H groups in total. The molecule has 124 valence electrons. The van der Waals surface area contributed by atoms with E-state index in [-0.39, 0.29) is 5.69 Å². The average Bonchev–Trinajstić information content (AvgIpc) is 2.95. The number of ether oxygens (including phenoxy) is 1. The van der Waals surface area contributed by atoms with Crippen molar-refractivity contribution in [3.05, 3.63) is 94.9 Å². The van der Waals surface area contributed by atoms with Crippen molar-refractivity contribution >= 4 is 11.0 Å². The fourth-order valence-electron chi connectivity index (χ4n) is 3.10. The van der Waals surface area contributed by atoms with Crippen molar-refractivity contribution in [1.29, 1.82) is 0 Å². The van der Waals surface area contributed by atoms with Gasteiger partial charge in [-0.2, -0.15) is 0 Å². The molecule has 1 heterocycles. The van der Waals surface area contributed by atoms with Gasteiger partial charge in [-0.05, 0) is 42.0 Å². The molecule has 0 saturated carbocycles. The molecule has 0 unspecified atom stereocenters. The normalized spacial score (nSPS) is 10.9. The van der Waals surface area contributed by atoms with Crippen LogP contribution in [0.1, 0.15) is 5.56 Å². The molecule has 4 aromatic rings. The second kappa shape index (κ2) is 6.32. The smallest absolute Gasteiger partial charge is 0.334 e. The van der Waals surface area contributed by atoms with Crippen molar-refractivity contribution in [2.24, 2.45) is 0 Å². The number of hydrogen-bond donors (Lipinski definition) is 0. The third kappa shape index (κ3) is 2.72. The van der Waals surface area contributed by atoms with Crippen LogP contribution in [-0.4, -0.2) is 16.2 Å². The van der Waals surface area contributed by atoms with Crippen LogP contribution >= 0.6 is 0 Å². The number of fused-ring (bicyclic) bond motifs is 1. The second-order valence-electron chi connectivity index (χ2n) is 5.88. The van der Waals surface area contributed by atoms with Crippen molar-refractivity contribution in [2.45, 2.75) is 6.54 Å². The minimum absolute atomic E-state index is 0.0387. The Morgan fingerprint density at radius 2 is 1.44 bits per heavy atom. The van der Waals surface area contributed by atoms with Crippen molar-refractivity contribution < 1.29 is 4.74 Å². The number of para-hydroxylation sites is 3. The summed E-state index contributed by atoms with van der Waals surface area (Å²) in [6, 6.07) is 25.4. The molecule has 0 aliphatic carbocycles. The van der Waals surface area contributed by atoms with Gasteiger partial charge in [0.2, 0.25) is 0 Å². The van der Waals surface area contributed by atoms with E-state index in [1.54, 1.807) is 11.7 Å². The van der Waals surface area contributed by atoms with Crippen LogP contribution in [0, 0.1) is 0 Å². The van der Waals surface area contributed by atoms with E-state index >= 15 is 0 Å². The monoisotopic (exact) mass is 330 g/mol. The molecule has 25 heavy (non-hydrogen) atoms. The Labute approximate surface area is 145 Å². The average molecular weight is 330 g/mol. The van der Waals surface area contributed by atoms with Crippen molar-refractivity contribution in [3.8, 4) is 11.4 Å². The first kappa shape index (κ1) is 15.3. The van der Waals surface area contributed by atoms with Crippen LogP contribution in [0.5, 0.6) is 5.75 Å². The maximum absolute atomic E-state index is 13.1. The largest absolute Gasteiger partial charge is 0.497 e. The Balaban J connectivity index is 1.87. The van der Waals surface area contributed by atoms with E-state index in [0.29, 0.717) is 6.54 Å². The van der Waals surface area contributed by atoms with E-state index in [0.717, 1.165) is 28.0 Å². The lowest BCUT2D eigenvalue weighted by atomic mass is 10.2. The van der Waals surface area contributed by atoms with Gasteiger partial charge in [-0.1, -0.05) is 42.5 Å². The molecule has 0 bridgehead atoms. The zero-order valence-corrected chi connectivity index (χ0v) is 13.9. The van der Waals surface area contributed by atoms with Gasteiger partial charge in [0, 0.05) is 0 Å². The van der Waals surface area contributed by atoms with Crippen LogP contribution < -0.4 is 10.4 Å². The summed E-state index contributed by atoms with van der Waals surface area (Å²) >= 11 is 0. The zero-order valence-electron chi connectivity index (χ0n) is 13.9. The van der Waals surface area contributed by atoms with Crippen molar-refractivity contribution in [1.82, 2.24) is 9.13 Å². The number of methoxy groups -OCH3 is 1. The number of benzene rings is 3.